The molecule has 6 N–H and O–H groups in total. The monoisotopic (exact) mass is 323 g/mol. The molecule has 1 unspecified atom stereocenters. The number of aliphatic carboxylic acids is 1. The van der Waals surface area contributed by atoms with Crippen molar-refractivity contribution < 1.29 is 24.3 Å². The highest BCUT2D eigenvalue weighted by Crippen LogP contribution is 2.32. The second-order valence-corrected chi connectivity index (χ2v) is 5.69. The Hall–Kier alpha value is -2.04. The van der Waals surface area contributed by atoms with Gasteiger partial charge >= 0.3 is 13.1 Å². The van der Waals surface area contributed by atoms with Crippen molar-refractivity contribution >= 4 is 40.7 Å². The molecule has 1 aliphatic heterocycles. The van der Waals surface area contributed by atoms with E-state index in [0.717, 1.165) is 0 Å². The molecule has 0 aromatic heterocycles. The largest absolute Gasteiger partial charge is 0.492 e. The molecular formula is C12H14BN3O5S. The van der Waals surface area contributed by atoms with Gasteiger partial charge in [0.05, 0.1) is 12.5 Å². The fourth-order valence-electron chi connectivity index (χ4n) is 2.33. The lowest BCUT2D eigenvalue weighted by Gasteiger charge is -2.13. The maximum atomic E-state index is 10.8. The minimum atomic E-state index is -1.24. The zero-order chi connectivity index (χ0) is 16.4. The summed E-state index contributed by atoms with van der Waals surface area (Å²) in [5.74, 6) is -0.738. The number of carboxylic acids is 1. The van der Waals surface area contributed by atoms with Gasteiger partial charge in [-0.05, 0) is 35.6 Å². The quantitative estimate of drug-likeness (QED) is 0.302. The van der Waals surface area contributed by atoms with E-state index in [9.17, 15) is 9.82 Å². The number of carbonyl (C=O) groups is 1. The number of thioether (sulfide) groups is 1. The molecular weight excluding hydrogens is 309 g/mol. The van der Waals surface area contributed by atoms with Gasteiger partial charge < -0.3 is 25.3 Å². The molecule has 0 fully saturated rings. The fourth-order valence-corrected chi connectivity index (χ4v) is 2.67. The molecule has 0 saturated heterocycles. The number of fused-ring (bicyclic) bond motifs is 1. The molecule has 22 heavy (non-hydrogen) atoms. The van der Waals surface area contributed by atoms with Crippen LogP contribution in [0, 0.1) is 17.7 Å². The summed E-state index contributed by atoms with van der Waals surface area (Å²) in [6.07, 6.45) is -0.969. The molecule has 0 saturated carbocycles. The van der Waals surface area contributed by atoms with Crippen molar-refractivity contribution in [2.24, 2.45) is 5.73 Å². The lowest BCUT2D eigenvalue weighted by atomic mass is 9.77. The highest BCUT2D eigenvalue weighted by Gasteiger charge is 2.37. The molecule has 10 heteroatoms. The Morgan fingerprint density at radius 3 is 2.82 bits per heavy atom. The normalized spacial score (nSPS) is 16.3. The van der Waals surface area contributed by atoms with Gasteiger partial charge in [-0.2, -0.15) is 0 Å². The Morgan fingerprint density at radius 2 is 2.23 bits per heavy atom. The average molecular weight is 323 g/mol. The number of nitrogens with one attached hydrogen (secondary N) is 2. The maximum Gasteiger partial charge on any atom is 0.492 e. The summed E-state index contributed by atoms with van der Waals surface area (Å²) >= 11 is 0.649. The van der Waals surface area contributed by atoms with Crippen LogP contribution in [0.1, 0.15) is 23.7 Å². The lowest BCUT2D eigenvalue weighted by Crippen LogP contribution is -2.28. The van der Waals surface area contributed by atoms with Crippen molar-refractivity contribution in [2.75, 3.05) is 0 Å². The van der Waals surface area contributed by atoms with E-state index in [4.69, 9.17) is 31.0 Å². The van der Waals surface area contributed by atoms with E-state index in [0.29, 0.717) is 28.4 Å². The molecule has 0 radical (unpaired) electrons. The Morgan fingerprint density at radius 1 is 1.55 bits per heavy atom. The Labute approximate surface area is 130 Å². The first-order valence-electron chi connectivity index (χ1n) is 6.26. The summed E-state index contributed by atoms with van der Waals surface area (Å²) in [6.45, 7) is 1.74. The van der Waals surface area contributed by atoms with Gasteiger partial charge in [-0.25, -0.2) is 0 Å². The summed E-state index contributed by atoms with van der Waals surface area (Å²) in [5.41, 5.74) is 6.89. The van der Waals surface area contributed by atoms with Crippen LogP contribution in [0.5, 0.6) is 5.75 Å². The van der Waals surface area contributed by atoms with Crippen LogP contribution in [0.2, 0.25) is 0 Å². The van der Waals surface area contributed by atoms with E-state index in [-0.39, 0.29) is 22.6 Å². The van der Waals surface area contributed by atoms with Crippen molar-refractivity contribution in [3.63, 3.8) is 0 Å². The van der Waals surface area contributed by atoms with Crippen LogP contribution in [-0.4, -0.2) is 33.6 Å². The minimum absolute atomic E-state index is 0.249. The van der Waals surface area contributed by atoms with Crippen molar-refractivity contribution in [3.8, 4) is 5.75 Å². The van der Waals surface area contributed by atoms with Gasteiger partial charge in [-0.1, -0.05) is 0 Å². The molecule has 8 nitrogen and oxygen atoms in total. The predicted octanol–water partition coefficient (Wildman–Crippen LogP) is 0.169. The number of benzene rings is 1. The molecule has 2 rings (SSSR count). The minimum Gasteiger partial charge on any atom is -0.481 e. The third kappa shape index (κ3) is 3.59. The highest BCUT2D eigenvalue weighted by atomic mass is 32.2. The van der Waals surface area contributed by atoms with Crippen molar-refractivity contribution in [2.45, 2.75) is 19.4 Å². The molecule has 0 amide bonds. The number of ether oxygens (including phenoxy) is 1. The zero-order valence-corrected chi connectivity index (χ0v) is 12.4. The van der Waals surface area contributed by atoms with E-state index < -0.39 is 19.2 Å². The number of amidine groups is 1. The van der Waals surface area contributed by atoms with Gasteiger partial charge in [-0.3, -0.25) is 15.6 Å². The molecule has 1 heterocycles. The Kier molecular flexibility index (Phi) is 4.74. The third-order valence-electron chi connectivity index (χ3n) is 3.05. The van der Waals surface area contributed by atoms with E-state index in [2.05, 4.69) is 0 Å². The summed E-state index contributed by atoms with van der Waals surface area (Å²) < 4.78 is 10.5. The number of nitrogens with two attached hydrogens (primary N) is 1. The van der Waals surface area contributed by atoms with Crippen molar-refractivity contribution in [1.29, 1.82) is 10.8 Å². The summed E-state index contributed by atoms with van der Waals surface area (Å²) in [4.78, 5) is 10.8. The second-order valence-electron chi connectivity index (χ2n) is 4.67. The standard InChI is InChI=1S/C12H14BN3O5S/c1-5-2-6(20-12(16)22-11(14)15)3-7-10(5)8(4-9(17)18)21-13(7)19/h2-3,8,16,19H,4H2,1H3,(H3,14,15)(H,17,18). The van der Waals surface area contributed by atoms with E-state index in [1.54, 1.807) is 13.0 Å². The number of rotatable bonds is 3. The van der Waals surface area contributed by atoms with Crippen LogP contribution in [-0.2, 0) is 9.45 Å². The van der Waals surface area contributed by atoms with Gasteiger partial charge in [0, 0.05) is 11.8 Å². The number of hydrogen-bond acceptors (Lipinski definition) is 7. The maximum absolute atomic E-state index is 10.8. The first-order valence-corrected chi connectivity index (χ1v) is 7.07. The first-order chi connectivity index (χ1) is 10.3. The van der Waals surface area contributed by atoms with Crippen molar-refractivity contribution in [3.05, 3.63) is 23.3 Å². The van der Waals surface area contributed by atoms with Gasteiger partial charge in [0.15, 0.2) is 5.17 Å². The first kappa shape index (κ1) is 16.3. The molecule has 0 aliphatic carbocycles. The van der Waals surface area contributed by atoms with Gasteiger partial charge in [0.2, 0.25) is 0 Å². The third-order valence-corrected chi connectivity index (χ3v) is 3.54. The van der Waals surface area contributed by atoms with Gasteiger partial charge in [0.1, 0.15) is 5.75 Å². The average Bonchev–Trinajstić information content (AvgIpc) is 2.64. The second kappa shape index (κ2) is 6.38. The highest BCUT2D eigenvalue weighted by molar-refractivity contribution is 8.26. The predicted molar refractivity (Wildman–Crippen MR) is 82.7 cm³/mol. The summed E-state index contributed by atoms with van der Waals surface area (Å²) in [7, 11) is -1.24. The van der Waals surface area contributed by atoms with Crippen LogP contribution in [0.4, 0.5) is 0 Å². The number of aryl methyl sites for hydroxylation is 1. The molecule has 1 aromatic carbocycles. The molecule has 0 spiro atoms. The van der Waals surface area contributed by atoms with Crippen LogP contribution in [0.15, 0.2) is 12.1 Å². The van der Waals surface area contributed by atoms with E-state index >= 15 is 0 Å². The van der Waals surface area contributed by atoms with Crippen LogP contribution in [0.3, 0.4) is 0 Å². The fraction of sp³-hybridized carbons (Fsp3) is 0.250. The zero-order valence-electron chi connectivity index (χ0n) is 11.6. The van der Waals surface area contributed by atoms with Crippen LogP contribution in [0.25, 0.3) is 0 Å². The molecule has 0 bridgehead atoms. The molecule has 1 aromatic rings. The van der Waals surface area contributed by atoms with Crippen LogP contribution >= 0.6 is 11.8 Å². The molecule has 116 valence electrons. The van der Waals surface area contributed by atoms with E-state index in [1.165, 1.54) is 6.07 Å². The Balaban J connectivity index is 2.27. The number of hydrogen-bond donors (Lipinski definition) is 5. The van der Waals surface area contributed by atoms with Crippen LogP contribution < -0.4 is 15.9 Å². The Bertz CT molecular complexity index is 654. The topological polar surface area (TPSA) is 150 Å². The summed E-state index contributed by atoms with van der Waals surface area (Å²) in [6, 6.07) is 3.11. The van der Waals surface area contributed by atoms with E-state index in [1.807, 2.05) is 0 Å². The summed E-state index contributed by atoms with van der Waals surface area (Å²) in [5, 5.41) is 32.9. The van der Waals surface area contributed by atoms with Gasteiger partial charge in [-0.15, -0.1) is 0 Å². The van der Waals surface area contributed by atoms with Gasteiger partial charge in [0.25, 0.3) is 5.23 Å². The molecule has 1 atom stereocenters. The van der Waals surface area contributed by atoms with Crippen molar-refractivity contribution in [1.82, 2.24) is 0 Å². The lowest BCUT2D eigenvalue weighted by molar-refractivity contribution is -0.138. The molecule has 1 aliphatic rings. The SMILES string of the molecule is Cc1cc(OC(=N)SC(=N)N)cc2c1C(CC(=O)O)OB2O. The smallest absolute Gasteiger partial charge is 0.481 e. The number of carboxylic acid groups (broad SMARTS) is 1.